The number of para-hydroxylation sites is 1. The maximum atomic E-state index is 11.3. The van der Waals surface area contributed by atoms with E-state index in [1.165, 1.54) is 5.57 Å². The van der Waals surface area contributed by atoms with E-state index in [0.717, 1.165) is 23.5 Å². The molecule has 1 aromatic carbocycles. The van der Waals surface area contributed by atoms with E-state index in [1.807, 2.05) is 38.1 Å². The SMILES string of the molecule is CCOc1cccc(C2=CCC(=O)CC2)c1OCC. The third-order valence-corrected chi connectivity index (χ3v) is 3.16. The van der Waals surface area contributed by atoms with Gasteiger partial charge in [-0.15, -0.1) is 0 Å². The van der Waals surface area contributed by atoms with Crippen LogP contribution in [-0.2, 0) is 4.79 Å². The van der Waals surface area contributed by atoms with Gasteiger partial charge >= 0.3 is 0 Å². The first kappa shape index (κ1) is 13.7. The topological polar surface area (TPSA) is 35.5 Å². The lowest BCUT2D eigenvalue weighted by molar-refractivity contribution is -0.118. The Bertz CT molecular complexity index is 489. The molecule has 19 heavy (non-hydrogen) atoms. The van der Waals surface area contributed by atoms with Crippen LogP contribution in [0.4, 0.5) is 0 Å². The third-order valence-electron chi connectivity index (χ3n) is 3.16. The number of benzene rings is 1. The maximum absolute atomic E-state index is 11.3. The van der Waals surface area contributed by atoms with Crippen molar-refractivity contribution in [3.8, 4) is 11.5 Å². The lowest BCUT2D eigenvalue weighted by Crippen LogP contribution is -2.06. The molecule has 3 nitrogen and oxygen atoms in total. The van der Waals surface area contributed by atoms with E-state index in [4.69, 9.17) is 9.47 Å². The third kappa shape index (κ3) is 3.16. The number of ether oxygens (including phenoxy) is 2. The van der Waals surface area contributed by atoms with E-state index in [1.54, 1.807) is 0 Å². The van der Waals surface area contributed by atoms with Gasteiger partial charge in [-0.25, -0.2) is 0 Å². The fourth-order valence-electron chi connectivity index (χ4n) is 2.29. The molecule has 1 aromatic rings. The molecule has 1 aliphatic rings. The molecule has 0 fully saturated rings. The number of hydrogen-bond acceptors (Lipinski definition) is 3. The summed E-state index contributed by atoms with van der Waals surface area (Å²) in [5.41, 5.74) is 2.24. The average Bonchev–Trinajstić information content (AvgIpc) is 2.42. The number of ketones is 1. The van der Waals surface area contributed by atoms with Crippen molar-refractivity contribution in [2.75, 3.05) is 13.2 Å². The second-order valence-electron chi connectivity index (χ2n) is 4.47. The van der Waals surface area contributed by atoms with E-state index in [9.17, 15) is 4.79 Å². The van der Waals surface area contributed by atoms with Crippen molar-refractivity contribution in [1.29, 1.82) is 0 Å². The Morgan fingerprint density at radius 1 is 1.11 bits per heavy atom. The zero-order valence-electron chi connectivity index (χ0n) is 11.6. The minimum atomic E-state index is 0.308. The van der Waals surface area contributed by atoms with Gasteiger partial charge in [-0.1, -0.05) is 18.2 Å². The molecule has 0 saturated heterocycles. The largest absolute Gasteiger partial charge is 0.490 e. The Labute approximate surface area is 114 Å². The van der Waals surface area contributed by atoms with Crippen LogP contribution in [0.1, 0.15) is 38.7 Å². The van der Waals surface area contributed by atoms with Gasteiger partial charge in [0, 0.05) is 18.4 Å². The summed E-state index contributed by atoms with van der Waals surface area (Å²) >= 11 is 0. The van der Waals surface area contributed by atoms with Crippen LogP contribution in [-0.4, -0.2) is 19.0 Å². The minimum Gasteiger partial charge on any atom is -0.490 e. The number of carbonyl (C=O) groups excluding carboxylic acids is 1. The second-order valence-corrected chi connectivity index (χ2v) is 4.47. The van der Waals surface area contributed by atoms with Crippen LogP contribution >= 0.6 is 0 Å². The van der Waals surface area contributed by atoms with Gasteiger partial charge in [0.05, 0.1) is 13.2 Å². The highest BCUT2D eigenvalue weighted by Crippen LogP contribution is 2.38. The zero-order chi connectivity index (χ0) is 13.7. The van der Waals surface area contributed by atoms with Crippen molar-refractivity contribution in [3.05, 3.63) is 29.8 Å². The molecule has 0 atom stereocenters. The molecule has 0 bridgehead atoms. The van der Waals surface area contributed by atoms with Gasteiger partial charge in [0.15, 0.2) is 11.5 Å². The first-order valence-corrected chi connectivity index (χ1v) is 6.86. The molecule has 0 heterocycles. The quantitative estimate of drug-likeness (QED) is 0.811. The lowest BCUT2D eigenvalue weighted by atomic mass is 9.92. The average molecular weight is 260 g/mol. The molecule has 0 aromatic heterocycles. The summed E-state index contributed by atoms with van der Waals surface area (Å²) < 4.78 is 11.4. The van der Waals surface area contributed by atoms with Crippen LogP contribution in [0.15, 0.2) is 24.3 Å². The molecule has 3 heteroatoms. The molecule has 102 valence electrons. The highest BCUT2D eigenvalue weighted by atomic mass is 16.5. The zero-order valence-corrected chi connectivity index (χ0v) is 11.6. The summed E-state index contributed by atoms with van der Waals surface area (Å²) in [6.07, 6.45) is 3.95. The van der Waals surface area contributed by atoms with Crippen LogP contribution in [0, 0.1) is 0 Å². The predicted molar refractivity (Wildman–Crippen MR) is 75.6 cm³/mol. The highest BCUT2D eigenvalue weighted by molar-refractivity contribution is 5.88. The van der Waals surface area contributed by atoms with E-state index in [-0.39, 0.29) is 0 Å². The van der Waals surface area contributed by atoms with Crippen LogP contribution in [0.2, 0.25) is 0 Å². The first-order valence-electron chi connectivity index (χ1n) is 6.86. The normalized spacial score (nSPS) is 15.1. The van der Waals surface area contributed by atoms with E-state index >= 15 is 0 Å². The van der Waals surface area contributed by atoms with Crippen LogP contribution < -0.4 is 9.47 Å². The number of rotatable bonds is 5. The Hall–Kier alpha value is -1.77. The number of allylic oxidation sites excluding steroid dienone is 2. The molecule has 0 amide bonds. The molecule has 0 aliphatic heterocycles. The van der Waals surface area contributed by atoms with Crippen LogP contribution in [0.3, 0.4) is 0 Å². The molecule has 0 N–H and O–H groups in total. The minimum absolute atomic E-state index is 0.308. The smallest absolute Gasteiger partial charge is 0.168 e. The number of Topliss-reactive ketones (excluding diaryl/α,β-unsaturated/α-hetero) is 1. The van der Waals surface area contributed by atoms with Crippen molar-refractivity contribution >= 4 is 11.4 Å². The van der Waals surface area contributed by atoms with Crippen molar-refractivity contribution < 1.29 is 14.3 Å². The first-order chi connectivity index (χ1) is 9.26. The molecule has 0 spiro atoms. The monoisotopic (exact) mass is 260 g/mol. The Morgan fingerprint density at radius 2 is 1.89 bits per heavy atom. The van der Waals surface area contributed by atoms with Crippen molar-refractivity contribution in [2.24, 2.45) is 0 Å². The van der Waals surface area contributed by atoms with Crippen molar-refractivity contribution in [2.45, 2.75) is 33.1 Å². The highest BCUT2D eigenvalue weighted by Gasteiger charge is 2.18. The van der Waals surface area contributed by atoms with Gasteiger partial charge in [-0.05, 0) is 31.9 Å². The fraction of sp³-hybridized carbons (Fsp3) is 0.438. The summed E-state index contributed by atoms with van der Waals surface area (Å²) in [5.74, 6) is 1.88. The Balaban J connectivity index is 2.38. The predicted octanol–water partition coefficient (Wildman–Crippen LogP) is 3.62. The van der Waals surface area contributed by atoms with Gasteiger partial charge in [-0.2, -0.15) is 0 Å². The molecule has 0 unspecified atom stereocenters. The van der Waals surface area contributed by atoms with Gasteiger partial charge in [-0.3, -0.25) is 4.79 Å². The number of hydrogen-bond donors (Lipinski definition) is 0. The molecular formula is C16H20O3. The molecule has 2 rings (SSSR count). The fourth-order valence-corrected chi connectivity index (χ4v) is 2.29. The van der Waals surface area contributed by atoms with E-state index < -0.39 is 0 Å². The summed E-state index contributed by atoms with van der Waals surface area (Å²) in [4.78, 5) is 11.3. The van der Waals surface area contributed by atoms with Gasteiger partial charge in [0.2, 0.25) is 0 Å². The summed E-state index contributed by atoms with van der Waals surface area (Å²) in [7, 11) is 0. The molecular weight excluding hydrogens is 240 g/mol. The molecule has 1 aliphatic carbocycles. The Kier molecular flexibility index (Phi) is 4.61. The van der Waals surface area contributed by atoms with Crippen molar-refractivity contribution in [3.63, 3.8) is 0 Å². The summed E-state index contributed by atoms with van der Waals surface area (Å²) in [6, 6.07) is 5.93. The van der Waals surface area contributed by atoms with Crippen LogP contribution in [0.5, 0.6) is 11.5 Å². The number of carbonyl (C=O) groups is 1. The van der Waals surface area contributed by atoms with Crippen molar-refractivity contribution in [1.82, 2.24) is 0 Å². The van der Waals surface area contributed by atoms with E-state index in [2.05, 4.69) is 0 Å². The summed E-state index contributed by atoms with van der Waals surface area (Å²) in [6.45, 7) is 5.14. The van der Waals surface area contributed by atoms with Gasteiger partial charge < -0.3 is 9.47 Å². The maximum Gasteiger partial charge on any atom is 0.168 e. The van der Waals surface area contributed by atoms with Gasteiger partial charge in [0.25, 0.3) is 0 Å². The summed E-state index contributed by atoms with van der Waals surface area (Å²) in [5, 5.41) is 0. The van der Waals surface area contributed by atoms with Gasteiger partial charge in [0.1, 0.15) is 5.78 Å². The van der Waals surface area contributed by atoms with Crippen LogP contribution in [0.25, 0.3) is 5.57 Å². The molecule has 0 saturated carbocycles. The molecule has 0 radical (unpaired) electrons. The Morgan fingerprint density at radius 3 is 2.53 bits per heavy atom. The standard InChI is InChI=1S/C16H20O3/c1-3-18-15-7-5-6-14(16(15)19-4-2)12-8-10-13(17)11-9-12/h5-8H,3-4,9-11H2,1-2H3. The van der Waals surface area contributed by atoms with E-state index in [0.29, 0.717) is 31.8 Å². The lowest BCUT2D eigenvalue weighted by Gasteiger charge is -2.18. The second kappa shape index (κ2) is 6.41.